The third-order valence-electron chi connectivity index (χ3n) is 16.4. The molecule has 0 aromatic heterocycles. The number of benzene rings is 12. The smallest absolute Gasteiger partial charge is 0.0493 e. The van der Waals surface area contributed by atoms with Crippen molar-refractivity contribution in [3.05, 3.63) is 325 Å². The normalized spacial score (nSPS) is 13.4. The van der Waals surface area contributed by atoms with Crippen molar-refractivity contribution < 1.29 is 0 Å². The van der Waals surface area contributed by atoms with Gasteiger partial charge >= 0.3 is 0 Å². The van der Waals surface area contributed by atoms with Gasteiger partial charge in [-0.2, -0.15) is 0 Å². The number of hydrogen-bond donors (Lipinski definition) is 0. The minimum Gasteiger partial charge on any atom is -0.337 e. The molecular formula is C79H63N3. The third kappa shape index (κ3) is 9.67. The number of rotatable bonds is 11. The molecule has 3 heteroatoms. The van der Waals surface area contributed by atoms with Crippen LogP contribution in [0.2, 0.25) is 0 Å². The zero-order chi connectivity index (χ0) is 55.7. The lowest BCUT2D eigenvalue weighted by Crippen LogP contribution is -2.18. The van der Waals surface area contributed by atoms with E-state index in [4.69, 9.17) is 6.58 Å². The number of para-hydroxylation sites is 4. The van der Waals surface area contributed by atoms with Gasteiger partial charge in [-0.1, -0.05) is 213 Å². The van der Waals surface area contributed by atoms with E-state index >= 15 is 0 Å². The van der Waals surface area contributed by atoms with Crippen LogP contribution >= 0.6 is 0 Å². The predicted molar refractivity (Wildman–Crippen MR) is 352 cm³/mol. The molecule has 0 saturated heterocycles. The average Bonchev–Trinajstić information content (AvgIpc) is 2.39. The van der Waals surface area contributed by atoms with Crippen molar-refractivity contribution in [1.29, 1.82) is 0 Å². The van der Waals surface area contributed by atoms with E-state index in [1.165, 1.54) is 66.1 Å². The Balaban J connectivity index is 0.907. The summed E-state index contributed by atoms with van der Waals surface area (Å²) in [5, 5.41) is 4.97. The molecule has 0 saturated carbocycles. The Hall–Kier alpha value is -10.2. The molecule has 394 valence electrons. The van der Waals surface area contributed by atoms with Crippen LogP contribution in [0.3, 0.4) is 0 Å². The van der Waals surface area contributed by atoms with Crippen molar-refractivity contribution in [3.63, 3.8) is 0 Å². The first kappa shape index (κ1) is 51.2. The Kier molecular flexibility index (Phi) is 13.8. The molecule has 0 spiro atoms. The second-order valence-corrected chi connectivity index (χ2v) is 21.5. The van der Waals surface area contributed by atoms with Gasteiger partial charge in [-0.05, 0) is 200 Å². The lowest BCUT2D eigenvalue weighted by Gasteiger charge is -2.29. The molecule has 0 atom stereocenters. The first-order chi connectivity index (χ1) is 40.3. The highest BCUT2D eigenvalue weighted by atomic mass is 15.2. The Morgan fingerprint density at radius 1 is 0.354 bits per heavy atom. The number of nitrogens with zero attached hydrogens (tertiary/aromatic N) is 3. The van der Waals surface area contributed by atoms with Gasteiger partial charge in [0.15, 0.2) is 0 Å². The van der Waals surface area contributed by atoms with Crippen molar-refractivity contribution in [3.8, 4) is 33.4 Å². The molecule has 0 amide bonds. The highest BCUT2D eigenvalue weighted by molar-refractivity contribution is 6.21. The van der Waals surface area contributed by atoms with Gasteiger partial charge in [-0.15, -0.1) is 0 Å². The molecule has 12 aromatic carbocycles. The monoisotopic (exact) mass is 1050 g/mol. The number of anilines is 8. The van der Waals surface area contributed by atoms with Gasteiger partial charge in [-0.3, -0.25) is 0 Å². The molecule has 0 aliphatic carbocycles. The fraction of sp³-hybridized carbons (Fsp3) is 0.0633. The van der Waals surface area contributed by atoms with Crippen LogP contribution in [-0.4, -0.2) is 6.54 Å². The Bertz CT molecular complexity index is 4260. The molecule has 0 N–H and O–H groups in total. The van der Waals surface area contributed by atoms with Crippen LogP contribution in [0.25, 0.3) is 66.1 Å². The van der Waals surface area contributed by atoms with Crippen molar-refractivity contribution >= 4 is 78.2 Å². The van der Waals surface area contributed by atoms with Crippen molar-refractivity contribution in [1.82, 2.24) is 0 Å². The van der Waals surface area contributed by atoms with Crippen LogP contribution < -0.4 is 14.7 Å². The SMILES string of the molecule is C=C1/C=C(c2ccc(N(c3ccccc3C)c3ccccc3C)cc2)\C=C/CN(c2ccc(-c3c4ccccc4c(-c4ccccc4)c4ccccc34)cc2)c2ccc(-c3ccc(N(c4ccccc4C)c4ccccc4C)cc3)cc21. The summed E-state index contributed by atoms with van der Waals surface area (Å²) in [6.07, 6.45) is 6.84. The Morgan fingerprint density at radius 2 is 0.732 bits per heavy atom. The van der Waals surface area contributed by atoms with E-state index in [9.17, 15) is 0 Å². The number of fused-ring (bicyclic) bond motifs is 3. The Morgan fingerprint density at radius 3 is 1.18 bits per heavy atom. The largest absolute Gasteiger partial charge is 0.337 e. The zero-order valence-corrected chi connectivity index (χ0v) is 46.9. The quantitative estimate of drug-likeness (QED) is 0.120. The standard InChI is InChI=1S/C79H63N3/c1-54-22-9-17-33-73(54)81(74-34-18-10-23-55(74)2)66-46-37-59(38-47-66)63-28-21-51-80(65-44-41-62(42-45-65)79-70-31-15-13-29-68(70)78(61-26-7-6-8-27-61)69-30-14-16-32-71(69)79)77-50-43-64(53-72(77)58(5)52-63)60-39-48-67(49-40-60)82(75-35-19-11-24-56(75)3)76-36-20-12-25-57(76)4/h6-50,52-53H,5,51H2,1-4H3/b28-21-,63-52+. The lowest BCUT2D eigenvalue weighted by atomic mass is 9.86. The zero-order valence-electron chi connectivity index (χ0n) is 46.9. The Labute approximate surface area is 483 Å². The van der Waals surface area contributed by atoms with E-state index in [1.54, 1.807) is 0 Å². The molecule has 1 aliphatic rings. The van der Waals surface area contributed by atoms with E-state index in [1.807, 2.05) is 0 Å². The van der Waals surface area contributed by atoms with Crippen LogP contribution in [0.15, 0.2) is 292 Å². The van der Waals surface area contributed by atoms with Crippen LogP contribution in [0.5, 0.6) is 0 Å². The highest BCUT2D eigenvalue weighted by Gasteiger charge is 2.23. The third-order valence-corrected chi connectivity index (χ3v) is 16.4. The number of aryl methyl sites for hydroxylation is 4. The van der Waals surface area contributed by atoms with Gasteiger partial charge < -0.3 is 14.7 Å². The van der Waals surface area contributed by atoms with Crippen molar-refractivity contribution in [2.24, 2.45) is 0 Å². The summed E-state index contributed by atoms with van der Waals surface area (Å²) < 4.78 is 0. The molecule has 82 heavy (non-hydrogen) atoms. The summed E-state index contributed by atoms with van der Waals surface area (Å²) in [6.45, 7) is 14.3. The van der Waals surface area contributed by atoms with Gasteiger partial charge in [0.1, 0.15) is 0 Å². The van der Waals surface area contributed by atoms with Crippen LogP contribution in [0.1, 0.15) is 33.4 Å². The minimum absolute atomic E-state index is 0.642. The number of hydrogen-bond acceptors (Lipinski definition) is 3. The summed E-state index contributed by atoms with van der Waals surface area (Å²) in [7, 11) is 0. The first-order valence-electron chi connectivity index (χ1n) is 28.4. The molecule has 0 unspecified atom stereocenters. The maximum Gasteiger partial charge on any atom is 0.0493 e. The van der Waals surface area contributed by atoms with E-state index in [0.717, 1.165) is 78.9 Å². The highest BCUT2D eigenvalue weighted by Crippen LogP contribution is 2.46. The topological polar surface area (TPSA) is 9.72 Å². The average molecular weight is 1050 g/mol. The second kappa shape index (κ2) is 22.1. The van der Waals surface area contributed by atoms with Crippen molar-refractivity contribution in [2.45, 2.75) is 27.7 Å². The fourth-order valence-corrected chi connectivity index (χ4v) is 12.2. The van der Waals surface area contributed by atoms with Gasteiger partial charge in [0.2, 0.25) is 0 Å². The van der Waals surface area contributed by atoms with Crippen LogP contribution in [0, 0.1) is 27.7 Å². The van der Waals surface area contributed by atoms with Gasteiger partial charge in [0.25, 0.3) is 0 Å². The molecule has 0 radical (unpaired) electrons. The molecule has 1 heterocycles. The van der Waals surface area contributed by atoms with E-state index in [0.29, 0.717) is 6.54 Å². The summed E-state index contributed by atoms with van der Waals surface area (Å²) in [5.74, 6) is 0. The van der Waals surface area contributed by atoms with Crippen LogP contribution in [0.4, 0.5) is 45.5 Å². The summed E-state index contributed by atoms with van der Waals surface area (Å²) in [6, 6.07) is 97.3. The maximum absolute atomic E-state index is 4.89. The predicted octanol–water partition coefficient (Wildman–Crippen LogP) is 22.0. The molecule has 1 aliphatic heterocycles. The maximum atomic E-state index is 4.89. The molecular weight excluding hydrogens is 991 g/mol. The summed E-state index contributed by atoms with van der Waals surface area (Å²) in [4.78, 5) is 7.19. The molecule has 12 aromatic rings. The fourth-order valence-electron chi connectivity index (χ4n) is 12.2. The first-order valence-corrected chi connectivity index (χ1v) is 28.4. The number of allylic oxidation sites excluding steroid dienone is 4. The van der Waals surface area contributed by atoms with E-state index < -0.39 is 0 Å². The lowest BCUT2D eigenvalue weighted by molar-refractivity contribution is 1.09. The van der Waals surface area contributed by atoms with Gasteiger partial charge in [0, 0.05) is 57.6 Å². The van der Waals surface area contributed by atoms with Gasteiger partial charge in [-0.25, -0.2) is 0 Å². The van der Waals surface area contributed by atoms with E-state index in [-0.39, 0.29) is 0 Å². The van der Waals surface area contributed by atoms with Crippen LogP contribution in [-0.2, 0) is 0 Å². The minimum atomic E-state index is 0.642. The molecule has 0 bridgehead atoms. The van der Waals surface area contributed by atoms with Crippen molar-refractivity contribution in [2.75, 3.05) is 21.2 Å². The van der Waals surface area contributed by atoms with E-state index in [2.05, 4.69) is 328 Å². The summed E-state index contributed by atoms with van der Waals surface area (Å²) in [5.41, 5.74) is 25.3. The summed E-state index contributed by atoms with van der Waals surface area (Å²) >= 11 is 0. The molecule has 3 nitrogen and oxygen atoms in total. The molecule has 0 fully saturated rings. The van der Waals surface area contributed by atoms with Gasteiger partial charge in [0.05, 0.1) is 0 Å². The molecule has 13 rings (SSSR count). The second-order valence-electron chi connectivity index (χ2n) is 21.5.